The van der Waals surface area contributed by atoms with Crippen LogP contribution in [0.2, 0.25) is 10.0 Å². The monoisotopic (exact) mass is 523 g/mol. The number of aromatic nitrogens is 3. The second-order valence-electron chi connectivity index (χ2n) is 8.03. The molecule has 3 aromatic carbocycles. The second-order valence-corrected chi connectivity index (χ2v) is 9.84. The molecule has 1 N–H and O–H groups in total. The van der Waals surface area contributed by atoms with Crippen LogP contribution in [-0.4, -0.2) is 32.6 Å². The van der Waals surface area contributed by atoms with E-state index in [2.05, 4.69) is 46.7 Å². The fourth-order valence-corrected chi connectivity index (χ4v) is 4.28. The molecule has 0 atom stereocenters. The van der Waals surface area contributed by atoms with E-state index in [1.807, 2.05) is 41.0 Å². The van der Waals surface area contributed by atoms with Crippen LogP contribution >= 0.6 is 35.0 Å². The zero-order chi connectivity index (χ0) is 24.8. The van der Waals surface area contributed by atoms with Crippen LogP contribution in [0, 0.1) is 0 Å². The average Bonchev–Trinajstić information content (AvgIpc) is 3.28. The molecule has 178 valence electrons. The molecule has 0 spiro atoms. The Morgan fingerprint density at radius 3 is 2.23 bits per heavy atom. The molecule has 0 saturated carbocycles. The Kier molecular flexibility index (Phi) is 8.23. The fourth-order valence-electron chi connectivity index (χ4n) is 3.28. The summed E-state index contributed by atoms with van der Waals surface area (Å²) in [5.74, 6) is 0.974. The SMILES string of the molecule is CC(C)c1ccc(C=NNC(=O)CSc2nnc(-c3ccc(Cl)cc3)n2-c2ccc(Cl)cc2)cc1. The Bertz CT molecular complexity index is 1320. The number of benzene rings is 3. The molecule has 1 heterocycles. The fraction of sp³-hybridized carbons (Fsp3) is 0.154. The van der Waals surface area contributed by atoms with Crippen LogP contribution in [0.4, 0.5) is 0 Å². The summed E-state index contributed by atoms with van der Waals surface area (Å²) in [5, 5.41) is 14.6. The maximum atomic E-state index is 12.4. The topological polar surface area (TPSA) is 72.2 Å². The minimum atomic E-state index is -0.247. The van der Waals surface area contributed by atoms with Gasteiger partial charge in [-0.05, 0) is 65.6 Å². The molecule has 35 heavy (non-hydrogen) atoms. The Morgan fingerprint density at radius 1 is 0.971 bits per heavy atom. The van der Waals surface area contributed by atoms with Gasteiger partial charge in [-0.3, -0.25) is 9.36 Å². The van der Waals surface area contributed by atoms with E-state index in [1.54, 1.807) is 30.5 Å². The van der Waals surface area contributed by atoms with Gasteiger partial charge < -0.3 is 0 Å². The van der Waals surface area contributed by atoms with E-state index in [1.165, 1.54) is 17.3 Å². The summed E-state index contributed by atoms with van der Waals surface area (Å²) in [4.78, 5) is 12.4. The van der Waals surface area contributed by atoms with Gasteiger partial charge in [0.1, 0.15) is 0 Å². The summed E-state index contributed by atoms with van der Waals surface area (Å²) in [6.07, 6.45) is 1.63. The molecule has 0 radical (unpaired) electrons. The summed E-state index contributed by atoms with van der Waals surface area (Å²) < 4.78 is 1.89. The van der Waals surface area contributed by atoms with Gasteiger partial charge in [0.25, 0.3) is 5.91 Å². The number of hydrogen-bond donors (Lipinski definition) is 1. The minimum absolute atomic E-state index is 0.121. The van der Waals surface area contributed by atoms with Crippen LogP contribution in [0.25, 0.3) is 17.1 Å². The van der Waals surface area contributed by atoms with Gasteiger partial charge in [0.15, 0.2) is 11.0 Å². The smallest absolute Gasteiger partial charge is 0.250 e. The Balaban J connectivity index is 1.47. The molecule has 4 aromatic rings. The van der Waals surface area contributed by atoms with Crippen LogP contribution < -0.4 is 5.43 Å². The molecule has 6 nitrogen and oxygen atoms in total. The molecule has 1 aromatic heterocycles. The lowest BCUT2D eigenvalue weighted by Gasteiger charge is -2.10. The third kappa shape index (κ3) is 6.51. The van der Waals surface area contributed by atoms with Crippen LogP contribution in [0.3, 0.4) is 0 Å². The average molecular weight is 524 g/mol. The lowest BCUT2D eigenvalue weighted by atomic mass is 10.0. The van der Waals surface area contributed by atoms with Gasteiger partial charge in [-0.15, -0.1) is 10.2 Å². The molecule has 0 unspecified atom stereocenters. The second kappa shape index (κ2) is 11.5. The van der Waals surface area contributed by atoms with E-state index < -0.39 is 0 Å². The van der Waals surface area contributed by atoms with Gasteiger partial charge in [0, 0.05) is 21.3 Å². The molecule has 0 saturated heterocycles. The molecule has 0 aliphatic carbocycles. The highest BCUT2D eigenvalue weighted by Gasteiger charge is 2.17. The van der Waals surface area contributed by atoms with E-state index in [9.17, 15) is 4.79 Å². The summed E-state index contributed by atoms with van der Waals surface area (Å²) >= 11 is 13.4. The van der Waals surface area contributed by atoms with E-state index in [0.717, 1.165) is 16.8 Å². The Labute approximate surface area is 218 Å². The van der Waals surface area contributed by atoms with E-state index >= 15 is 0 Å². The molecule has 9 heteroatoms. The number of hydrogen-bond acceptors (Lipinski definition) is 5. The van der Waals surface area contributed by atoms with Gasteiger partial charge >= 0.3 is 0 Å². The number of thioether (sulfide) groups is 1. The first-order chi connectivity index (χ1) is 16.9. The Hall–Kier alpha value is -3.13. The van der Waals surface area contributed by atoms with Crippen LogP contribution in [0.5, 0.6) is 0 Å². The molecule has 4 rings (SSSR count). The first kappa shape index (κ1) is 25.0. The summed E-state index contributed by atoms with van der Waals surface area (Å²) in [7, 11) is 0. The zero-order valence-corrected chi connectivity index (χ0v) is 21.5. The summed E-state index contributed by atoms with van der Waals surface area (Å²) in [6, 6.07) is 22.8. The van der Waals surface area contributed by atoms with Crippen molar-refractivity contribution in [2.45, 2.75) is 24.9 Å². The predicted molar refractivity (Wildman–Crippen MR) is 144 cm³/mol. The molecular formula is C26H23Cl2N5OS. The van der Waals surface area contributed by atoms with Gasteiger partial charge in [-0.25, -0.2) is 5.43 Å². The van der Waals surface area contributed by atoms with Crippen LogP contribution in [-0.2, 0) is 4.79 Å². The quantitative estimate of drug-likeness (QED) is 0.160. The molecule has 0 aliphatic heterocycles. The number of halogens is 2. The van der Waals surface area contributed by atoms with Crippen molar-refractivity contribution in [3.63, 3.8) is 0 Å². The molecule has 1 amide bonds. The van der Waals surface area contributed by atoms with Crippen LogP contribution in [0.1, 0.15) is 30.9 Å². The van der Waals surface area contributed by atoms with E-state index in [-0.39, 0.29) is 11.7 Å². The number of nitrogens with one attached hydrogen (secondary N) is 1. The highest BCUT2D eigenvalue weighted by atomic mass is 35.5. The molecular weight excluding hydrogens is 501 g/mol. The van der Waals surface area contributed by atoms with Crippen molar-refractivity contribution < 1.29 is 4.79 Å². The van der Waals surface area contributed by atoms with E-state index in [4.69, 9.17) is 23.2 Å². The lowest BCUT2D eigenvalue weighted by molar-refractivity contribution is -0.118. The maximum Gasteiger partial charge on any atom is 0.250 e. The first-order valence-electron chi connectivity index (χ1n) is 10.9. The maximum absolute atomic E-state index is 12.4. The van der Waals surface area contributed by atoms with Crippen molar-refractivity contribution in [1.29, 1.82) is 0 Å². The van der Waals surface area contributed by atoms with Crippen molar-refractivity contribution in [2.75, 3.05) is 5.75 Å². The highest BCUT2D eigenvalue weighted by molar-refractivity contribution is 7.99. The van der Waals surface area contributed by atoms with Crippen LogP contribution in [0.15, 0.2) is 83.1 Å². The van der Waals surface area contributed by atoms with Gasteiger partial charge in [-0.1, -0.05) is 73.1 Å². The number of amides is 1. The molecule has 0 aliphatic rings. The third-order valence-corrected chi connectivity index (χ3v) is 6.59. The normalized spacial score (nSPS) is 11.3. The first-order valence-corrected chi connectivity index (χ1v) is 12.7. The largest absolute Gasteiger partial charge is 0.272 e. The summed E-state index contributed by atoms with van der Waals surface area (Å²) in [6.45, 7) is 4.29. The number of hydrazone groups is 1. The van der Waals surface area contributed by atoms with Crippen molar-refractivity contribution in [3.05, 3.63) is 94.0 Å². The number of nitrogens with zero attached hydrogens (tertiary/aromatic N) is 4. The molecule has 0 bridgehead atoms. The van der Waals surface area contributed by atoms with Crippen molar-refractivity contribution in [3.8, 4) is 17.1 Å². The van der Waals surface area contributed by atoms with Crippen molar-refractivity contribution >= 4 is 47.1 Å². The molecule has 0 fully saturated rings. The van der Waals surface area contributed by atoms with Gasteiger partial charge in [0.05, 0.1) is 12.0 Å². The van der Waals surface area contributed by atoms with E-state index in [0.29, 0.717) is 26.9 Å². The van der Waals surface area contributed by atoms with Gasteiger partial charge in [0.2, 0.25) is 0 Å². The third-order valence-electron chi connectivity index (χ3n) is 5.16. The standard InChI is InChI=1S/C26H23Cl2N5OS/c1-17(2)19-5-3-18(4-6-19)15-29-30-24(34)16-35-26-32-31-25(20-7-9-21(27)10-8-20)33(26)23-13-11-22(28)12-14-23/h3-15,17H,16H2,1-2H3,(H,30,34). The summed E-state index contributed by atoms with van der Waals surface area (Å²) in [5.41, 5.74) is 6.42. The number of carbonyl (C=O) groups excluding carboxylic acids is 1. The number of carbonyl (C=O) groups is 1. The number of rotatable bonds is 8. The van der Waals surface area contributed by atoms with Gasteiger partial charge in [-0.2, -0.15) is 5.10 Å². The zero-order valence-electron chi connectivity index (χ0n) is 19.2. The van der Waals surface area contributed by atoms with Crippen molar-refractivity contribution in [2.24, 2.45) is 5.10 Å². The minimum Gasteiger partial charge on any atom is -0.272 e. The highest BCUT2D eigenvalue weighted by Crippen LogP contribution is 2.29. The Morgan fingerprint density at radius 2 is 1.60 bits per heavy atom. The lowest BCUT2D eigenvalue weighted by Crippen LogP contribution is -2.20. The predicted octanol–water partition coefficient (Wildman–Crippen LogP) is 6.61. The van der Waals surface area contributed by atoms with Crippen molar-refractivity contribution in [1.82, 2.24) is 20.2 Å².